The third kappa shape index (κ3) is 3.06. The predicted molar refractivity (Wildman–Crippen MR) is 63.3 cm³/mol. The molecule has 0 fully saturated rings. The van der Waals surface area contributed by atoms with Crippen LogP contribution in [0, 0.1) is 11.8 Å². The maximum absolute atomic E-state index is 10.3. The second-order valence-corrected chi connectivity index (χ2v) is 3.65. The maximum Gasteiger partial charge on any atom is 0.315 e. The van der Waals surface area contributed by atoms with Gasteiger partial charge in [0, 0.05) is 6.20 Å². The molecule has 90 valence electrons. The number of carbonyl (C=O) groups is 1. The van der Waals surface area contributed by atoms with Crippen molar-refractivity contribution in [2.45, 2.75) is 6.42 Å². The SMILES string of the molecule is O=C(O)CC#Cc1cnn(-c2ccc(Cl)nn2)c1. The molecule has 7 heteroatoms. The molecule has 0 radical (unpaired) electrons. The summed E-state index contributed by atoms with van der Waals surface area (Å²) in [5, 5.41) is 20.3. The molecule has 2 rings (SSSR count). The van der Waals surface area contributed by atoms with Gasteiger partial charge in [0.15, 0.2) is 11.0 Å². The third-order valence-electron chi connectivity index (χ3n) is 1.91. The van der Waals surface area contributed by atoms with Gasteiger partial charge in [-0.15, -0.1) is 10.2 Å². The lowest BCUT2D eigenvalue weighted by atomic mass is 10.3. The van der Waals surface area contributed by atoms with Gasteiger partial charge in [0.1, 0.15) is 6.42 Å². The first-order valence-corrected chi connectivity index (χ1v) is 5.28. The smallest absolute Gasteiger partial charge is 0.315 e. The standard InChI is InChI=1S/C11H7ClN4O2/c12-9-4-5-10(15-14-9)16-7-8(6-13-16)2-1-3-11(17)18/h4-7H,3H2,(H,17,18). The largest absolute Gasteiger partial charge is 0.481 e. The molecule has 1 N–H and O–H groups in total. The van der Waals surface area contributed by atoms with Gasteiger partial charge in [0.05, 0.1) is 11.8 Å². The zero-order valence-corrected chi connectivity index (χ0v) is 9.79. The summed E-state index contributed by atoms with van der Waals surface area (Å²) in [6.07, 6.45) is 2.95. The van der Waals surface area contributed by atoms with E-state index in [1.165, 1.54) is 10.9 Å². The minimum absolute atomic E-state index is 0.202. The summed E-state index contributed by atoms with van der Waals surface area (Å²) >= 11 is 5.62. The van der Waals surface area contributed by atoms with E-state index in [0.29, 0.717) is 16.5 Å². The summed E-state index contributed by atoms with van der Waals surface area (Å²) in [5.74, 6) is 4.75. The number of nitrogens with zero attached hydrogens (tertiary/aromatic N) is 4. The molecule has 2 aromatic rings. The van der Waals surface area contributed by atoms with Gasteiger partial charge in [-0.3, -0.25) is 4.79 Å². The Morgan fingerprint density at radius 2 is 2.28 bits per heavy atom. The highest BCUT2D eigenvalue weighted by atomic mass is 35.5. The average molecular weight is 263 g/mol. The van der Waals surface area contributed by atoms with Crippen molar-refractivity contribution in [3.05, 3.63) is 35.2 Å². The van der Waals surface area contributed by atoms with Crippen LogP contribution in [0.4, 0.5) is 0 Å². The highest BCUT2D eigenvalue weighted by molar-refractivity contribution is 6.29. The van der Waals surface area contributed by atoms with E-state index >= 15 is 0 Å². The van der Waals surface area contributed by atoms with E-state index in [1.807, 2.05) is 0 Å². The van der Waals surface area contributed by atoms with Crippen LogP contribution in [0.1, 0.15) is 12.0 Å². The van der Waals surface area contributed by atoms with Crippen molar-refractivity contribution in [1.29, 1.82) is 0 Å². The minimum atomic E-state index is -0.960. The fourth-order valence-corrected chi connectivity index (χ4v) is 1.27. The Labute approximate surface area is 107 Å². The summed E-state index contributed by atoms with van der Waals surface area (Å²) in [5.41, 5.74) is 0.605. The van der Waals surface area contributed by atoms with Crippen LogP contribution in [0.5, 0.6) is 0 Å². The summed E-state index contributed by atoms with van der Waals surface area (Å²) in [6, 6.07) is 3.26. The monoisotopic (exact) mass is 262 g/mol. The molecule has 0 saturated heterocycles. The Morgan fingerprint density at radius 3 is 2.94 bits per heavy atom. The van der Waals surface area contributed by atoms with Crippen LogP contribution in [0.3, 0.4) is 0 Å². The Hall–Kier alpha value is -2.39. The van der Waals surface area contributed by atoms with Gasteiger partial charge in [-0.05, 0) is 12.1 Å². The van der Waals surface area contributed by atoms with Gasteiger partial charge in [0.2, 0.25) is 0 Å². The highest BCUT2D eigenvalue weighted by Gasteiger charge is 2.01. The molecule has 6 nitrogen and oxygen atoms in total. The number of rotatable bonds is 2. The summed E-state index contributed by atoms with van der Waals surface area (Å²) in [6.45, 7) is 0. The second-order valence-electron chi connectivity index (χ2n) is 3.26. The molecule has 0 aromatic carbocycles. The molecule has 2 aromatic heterocycles. The lowest BCUT2D eigenvalue weighted by Gasteiger charge is -1.96. The Balaban J connectivity index is 2.17. The Kier molecular flexibility index (Phi) is 3.55. The molecule has 0 aliphatic rings. The van der Waals surface area contributed by atoms with Gasteiger partial charge in [-0.1, -0.05) is 23.4 Å². The molecule has 0 bridgehead atoms. The zero-order valence-electron chi connectivity index (χ0n) is 9.04. The quantitative estimate of drug-likeness (QED) is 0.821. The number of halogens is 1. The first-order valence-electron chi connectivity index (χ1n) is 4.90. The van der Waals surface area contributed by atoms with Crippen LogP contribution in [-0.4, -0.2) is 31.1 Å². The van der Waals surface area contributed by atoms with Crippen molar-refractivity contribution in [3.63, 3.8) is 0 Å². The second kappa shape index (κ2) is 5.29. The zero-order chi connectivity index (χ0) is 13.0. The molecule has 0 aliphatic heterocycles. The fraction of sp³-hybridized carbons (Fsp3) is 0.0909. The van der Waals surface area contributed by atoms with Crippen molar-refractivity contribution in [3.8, 4) is 17.7 Å². The average Bonchev–Trinajstić information content (AvgIpc) is 2.78. The summed E-state index contributed by atoms with van der Waals surface area (Å²) < 4.78 is 1.48. The van der Waals surface area contributed by atoms with E-state index in [1.54, 1.807) is 18.3 Å². The Morgan fingerprint density at radius 1 is 1.44 bits per heavy atom. The summed E-state index contributed by atoms with van der Waals surface area (Å²) in [4.78, 5) is 10.3. The van der Waals surface area contributed by atoms with E-state index in [4.69, 9.17) is 16.7 Å². The normalized spacial score (nSPS) is 9.61. The molecule has 0 amide bonds. The lowest BCUT2D eigenvalue weighted by molar-refractivity contribution is -0.135. The number of hydrogen-bond acceptors (Lipinski definition) is 4. The van der Waals surface area contributed by atoms with E-state index in [-0.39, 0.29) is 6.42 Å². The topological polar surface area (TPSA) is 80.9 Å². The Bertz CT molecular complexity index is 624. The van der Waals surface area contributed by atoms with Gasteiger partial charge in [-0.2, -0.15) is 5.10 Å². The number of aliphatic carboxylic acids is 1. The molecule has 0 atom stereocenters. The maximum atomic E-state index is 10.3. The van der Waals surface area contributed by atoms with Crippen LogP contribution in [-0.2, 0) is 4.79 Å². The van der Waals surface area contributed by atoms with E-state index < -0.39 is 5.97 Å². The van der Waals surface area contributed by atoms with Crippen molar-refractivity contribution >= 4 is 17.6 Å². The highest BCUT2D eigenvalue weighted by Crippen LogP contribution is 2.07. The number of carboxylic acids is 1. The summed E-state index contributed by atoms with van der Waals surface area (Å²) in [7, 11) is 0. The fourth-order valence-electron chi connectivity index (χ4n) is 1.17. The first-order chi connectivity index (χ1) is 8.65. The van der Waals surface area contributed by atoms with Gasteiger partial charge in [-0.25, -0.2) is 4.68 Å². The van der Waals surface area contributed by atoms with Gasteiger partial charge >= 0.3 is 5.97 Å². The van der Waals surface area contributed by atoms with Crippen molar-refractivity contribution in [1.82, 2.24) is 20.0 Å². The molecular formula is C11H7ClN4O2. The third-order valence-corrected chi connectivity index (χ3v) is 2.11. The molecule has 0 saturated carbocycles. The number of carboxylic acid groups (broad SMARTS) is 1. The van der Waals surface area contributed by atoms with E-state index in [0.717, 1.165) is 0 Å². The van der Waals surface area contributed by atoms with Crippen LogP contribution in [0.15, 0.2) is 24.5 Å². The van der Waals surface area contributed by atoms with Crippen molar-refractivity contribution in [2.75, 3.05) is 0 Å². The van der Waals surface area contributed by atoms with Crippen molar-refractivity contribution in [2.24, 2.45) is 0 Å². The van der Waals surface area contributed by atoms with Crippen LogP contribution >= 0.6 is 11.6 Å². The lowest BCUT2D eigenvalue weighted by Crippen LogP contribution is -1.98. The molecule has 0 unspecified atom stereocenters. The van der Waals surface area contributed by atoms with Crippen LogP contribution in [0.2, 0.25) is 5.15 Å². The van der Waals surface area contributed by atoms with Gasteiger partial charge < -0.3 is 5.11 Å². The molecule has 18 heavy (non-hydrogen) atoms. The van der Waals surface area contributed by atoms with Crippen LogP contribution < -0.4 is 0 Å². The first kappa shape index (κ1) is 12.1. The van der Waals surface area contributed by atoms with E-state index in [9.17, 15) is 4.79 Å². The molecule has 0 spiro atoms. The van der Waals surface area contributed by atoms with E-state index in [2.05, 4.69) is 27.1 Å². The molecule has 0 aliphatic carbocycles. The van der Waals surface area contributed by atoms with Gasteiger partial charge in [0.25, 0.3) is 0 Å². The van der Waals surface area contributed by atoms with Crippen molar-refractivity contribution < 1.29 is 9.90 Å². The predicted octanol–water partition coefficient (Wildman–Crippen LogP) is 1.14. The minimum Gasteiger partial charge on any atom is -0.481 e. The molecular weight excluding hydrogens is 256 g/mol. The van der Waals surface area contributed by atoms with Crippen LogP contribution in [0.25, 0.3) is 5.82 Å². The molecule has 2 heterocycles. The number of hydrogen-bond donors (Lipinski definition) is 1. The number of aromatic nitrogens is 4.